The Bertz CT molecular complexity index is 529. The first-order valence-electron chi connectivity index (χ1n) is 6.50. The maximum Gasteiger partial charge on any atom is 0.123 e. The van der Waals surface area contributed by atoms with Gasteiger partial charge in [0.25, 0.3) is 0 Å². The van der Waals surface area contributed by atoms with Gasteiger partial charge in [-0.05, 0) is 48.4 Å². The van der Waals surface area contributed by atoms with Gasteiger partial charge in [0.05, 0.1) is 0 Å². The molecule has 2 heteroatoms. The molecule has 0 aliphatic heterocycles. The van der Waals surface area contributed by atoms with E-state index in [4.69, 9.17) is 0 Å². The second-order valence-electron chi connectivity index (χ2n) is 5.40. The van der Waals surface area contributed by atoms with Crippen molar-refractivity contribution in [3.63, 3.8) is 0 Å². The van der Waals surface area contributed by atoms with Crippen molar-refractivity contribution >= 4 is 10.9 Å². The van der Waals surface area contributed by atoms with Crippen LogP contribution < -0.4 is 0 Å². The van der Waals surface area contributed by atoms with Crippen molar-refractivity contribution in [2.75, 3.05) is 0 Å². The molecule has 0 radical (unpaired) electrons. The smallest absolute Gasteiger partial charge is 0.123 e. The molecule has 1 heterocycles. The number of aromatic nitrogens is 1. The first kappa shape index (κ1) is 10.8. The zero-order valence-corrected chi connectivity index (χ0v) is 10.2. The molecule has 1 aliphatic rings. The molecule has 1 aliphatic carbocycles. The molecule has 0 amide bonds. The molecule has 0 spiro atoms. The Morgan fingerprint density at radius 2 is 2.18 bits per heavy atom. The number of benzene rings is 1. The lowest BCUT2D eigenvalue weighted by atomic mass is 9.79. The van der Waals surface area contributed by atoms with Crippen LogP contribution in [0.25, 0.3) is 10.9 Å². The summed E-state index contributed by atoms with van der Waals surface area (Å²) in [7, 11) is 0. The van der Waals surface area contributed by atoms with E-state index in [0.717, 1.165) is 16.8 Å². The van der Waals surface area contributed by atoms with E-state index in [1.165, 1.54) is 37.3 Å². The summed E-state index contributed by atoms with van der Waals surface area (Å²) in [5.74, 6) is 1.27. The predicted molar refractivity (Wildman–Crippen MR) is 68.6 cm³/mol. The SMILES string of the molecule is CC1CCCC(c2c[nH]c3ccc(F)cc23)C1. The largest absolute Gasteiger partial charge is 0.361 e. The minimum atomic E-state index is -0.137. The van der Waals surface area contributed by atoms with Gasteiger partial charge in [-0.1, -0.05) is 19.8 Å². The maximum atomic E-state index is 13.3. The van der Waals surface area contributed by atoms with Gasteiger partial charge >= 0.3 is 0 Å². The summed E-state index contributed by atoms with van der Waals surface area (Å²) in [6, 6.07) is 5.02. The van der Waals surface area contributed by atoms with Crippen LogP contribution >= 0.6 is 0 Å². The Balaban J connectivity index is 2.01. The average molecular weight is 231 g/mol. The van der Waals surface area contributed by atoms with E-state index in [1.807, 2.05) is 6.07 Å². The molecule has 2 atom stereocenters. The highest BCUT2D eigenvalue weighted by Crippen LogP contribution is 2.38. The van der Waals surface area contributed by atoms with Crippen LogP contribution in [0.2, 0.25) is 0 Å². The number of H-pyrrole nitrogens is 1. The summed E-state index contributed by atoms with van der Waals surface area (Å²) in [6.07, 6.45) is 7.20. The average Bonchev–Trinajstić information content (AvgIpc) is 2.71. The Labute approximate surface area is 101 Å². The van der Waals surface area contributed by atoms with Crippen LogP contribution in [0.4, 0.5) is 4.39 Å². The Kier molecular flexibility index (Phi) is 2.65. The third kappa shape index (κ3) is 1.97. The molecule has 90 valence electrons. The van der Waals surface area contributed by atoms with Gasteiger partial charge in [0.15, 0.2) is 0 Å². The van der Waals surface area contributed by atoms with Gasteiger partial charge in [-0.3, -0.25) is 0 Å². The molecule has 1 N–H and O–H groups in total. The molecule has 2 unspecified atom stereocenters. The summed E-state index contributed by atoms with van der Waals surface area (Å²) in [5, 5.41) is 1.07. The van der Waals surface area contributed by atoms with Crippen LogP contribution in [-0.2, 0) is 0 Å². The number of rotatable bonds is 1. The molecule has 1 saturated carbocycles. The lowest BCUT2D eigenvalue weighted by Crippen LogP contribution is -2.11. The van der Waals surface area contributed by atoms with E-state index in [0.29, 0.717) is 5.92 Å². The van der Waals surface area contributed by atoms with Crippen LogP contribution in [0.3, 0.4) is 0 Å². The summed E-state index contributed by atoms with van der Waals surface area (Å²) in [4.78, 5) is 3.26. The number of hydrogen-bond donors (Lipinski definition) is 1. The van der Waals surface area contributed by atoms with Crippen molar-refractivity contribution in [2.24, 2.45) is 5.92 Å². The minimum absolute atomic E-state index is 0.137. The van der Waals surface area contributed by atoms with Crippen molar-refractivity contribution in [1.29, 1.82) is 0 Å². The van der Waals surface area contributed by atoms with E-state index in [-0.39, 0.29) is 5.82 Å². The van der Waals surface area contributed by atoms with Crippen LogP contribution in [0, 0.1) is 11.7 Å². The zero-order chi connectivity index (χ0) is 11.8. The van der Waals surface area contributed by atoms with Gasteiger partial charge in [-0.2, -0.15) is 0 Å². The number of fused-ring (bicyclic) bond motifs is 1. The van der Waals surface area contributed by atoms with E-state index < -0.39 is 0 Å². The van der Waals surface area contributed by atoms with Crippen molar-refractivity contribution in [3.05, 3.63) is 35.8 Å². The molecule has 2 aromatic rings. The number of hydrogen-bond acceptors (Lipinski definition) is 0. The van der Waals surface area contributed by atoms with Crippen LogP contribution in [0.15, 0.2) is 24.4 Å². The zero-order valence-electron chi connectivity index (χ0n) is 10.2. The molecule has 1 aromatic carbocycles. The Hall–Kier alpha value is -1.31. The summed E-state index contributed by atoms with van der Waals surface area (Å²) < 4.78 is 13.3. The monoisotopic (exact) mass is 231 g/mol. The predicted octanol–water partition coefficient (Wildman–Crippen LogP) is 4.60. The molecule has 17 heavy (non-hydrogen) atoms. The fraction of sp³-hybridized carbons (Fsp3) is 0.467. The quantitative estimate of drug-likeness (QED) is 0.738. The molecule has 1 fully saturated rings. The summed E-state index contributed by atoms with van der Waals surface area (Å²) in [6.45, 7) is 2.32. The molecule has 3 rings (SSSR count). The first-order chi connectivity index (χ1) is 8.24. The normalized spacial score (nSPS) is 25.3. The van der Waals surface area contributed by atoms with Crippen LogP contribution in [0.5, 0.6) is 0 Å². The lowest BCUT2D eigenvalue weighted by Gasteiger charge is -2.26. The van der Waals surface area contributed by atoms with Crippen molar-refractivity contribution in [1.82, 2.24) is 4.98 Å². The number of halogens is 1. The van der Waals surface area contributed by atoms with Crippen molar-refractivity contribution < 1.29 is 4.39 Å². The topological polar surface area (TPSA) is 15.8 Å². The van der Waals surface area contributed by atoms with Crippen molar-refractivity contribution in [2.45, 2.75) is 38.5 Å². The third-order valence-corrected chi connectivity index (χ3v) is 4.05. The molecular formula is C15H18FN. The van der Waals surface area contributed by atoms with Crippen LogP contribution in [0.1, 0.15) is 44.1 Å². The number of nitrogens with one attached hydrogen (secondary N) is 1. The van der Waals surface area contributed by atoms with E-state index in [1.54, 1.807) is 6.07 Å². The second-order valence-corrected chi connectivity index (χ2v) is 5.40. The molecule has 1 nitrogen and oxygen atoms in total. The first-order valence-corrected chi connectivity index (χ1v) is 6.50. The highest BCUT2D eigenvalue weighted by molar-refractivity contribution is 5.83. The number of aromatic amines is 1. The van der Waals surface area contributed by atoms with Crippen LogP contribution in [-0.4, -0.2) is 4.98 Å². The van der Waals surface area contributed by atoms with Gasteiger partial charge in [0, 0.05) is 17.1 Å². The summed E-state index contributed by atoms with van der Waals surface area (Å²) >= 11 is 0. The van der Waals surface area contributed by atoms with Crippen molar-refractivity contribution in [3.8, 4) is 0 Å². The molecule has 1 aromatic heterocycles. The maximum absolute atomic E-state index is 13.3. The fourth-order valence-electron chi connectivity index (χ4n) is 3.17. The molecule has 0 bridgehead atoms. The highest BCUT2D eigenvalue weighted by Gasteiger charge is 2.22. The Morgan fingerprint density at radius 1 is 1.29 bits per heavy atom. The second kappa shape index (κ2) is 4.17. The van der Waals surface area contributed by atoms with Gasteiger partial charge in [-0.25, -0.2) is 4.39 Å². The minimum Gasteiger partial charge on any atom is -0.361 e. The van der Waals surface area contributed by atoms with Gasteiger partial charge in [-0.15, -0.1) is 0 Å². The lowest BCUT2D eigenvalue weighted by molar-refractivity contribution is 0.345. The van der Waals surface area contributed by atoms with Gasteiger partial charge in [0.2, 0.25) is 0 Å². The van der Waals surface area contributed by atoms with Gasteiger partial charge < -0.3 is 4.98 Å². The molecular weight excluding hydrogens is 213 g/mol. The van der Waals surface area contributed by atoms with E-state index in [2.05, 4.69) is 18.1 Å². The fourth-order valence-corrected chi connectivity index (χ4v) is 3.17. The third-order valence-electron chi connectivity index (χ3n) is 4.05. The Morgan fingerprint density at radius 3 is 3.00 bits per heavy atom. The standard InChI is InChI=1S/C15H18FN/c1-10-3-2-4-11(7-10)14-9-17-15-6-5-12(16)8-13(14)15/h5-6,8-11,17H,2-4,7H2,1H3. The van der Waals surface area contributed by atoms with E-state index in [9.17, 15) is 4.39 Å². The van der Waals surface area contributed by atoms with E-state index >= 15 is 0 Å². The summed E-state index contributed by atoms with van der Waals surface area (Å²) in [5.41, 5.74) is 2.37. The highest BCUT2D eigenvalue weighted by atomic mass is 19.1. The van der Waals surface area contributed by atoms with Gasteiger partial charge in [0.1, 0.15) is 5.82 Å². The molecule has 0 saturated heterocycles.